The SMILES string of the molecule is O=c1cc[nH]cc1S(=O)(=O)Nc1ccc(Br)nc1. The van der Waals surface area contributed by atoms with Gasteiger partial charge < -0.3 is 4.98 Å². The maximum atomic E-state index is 11.9. The molecular formula is C10H8BrN3O3S. The zero-order valence-corrected chi connectivity index (χ0v) is 11.3. The van der Waals surface area contributed by atoms with Crippen LogP contribution in [0.15, 0.2) is 51.1 Å². The van der Waals surface area contributed by atoms with E-state index < -0.39 is 15.5 Å². The van der Waals surface area contributed by atoms with Crippen LogP contribution in [0.5, 0.6) is 0 Å². The Balaban J connectivity index is 2.36. The van der Waals surface area contributed by atoms with Gasteiger partial charge in [-0.15, -0.1) is 0 Å². The van der Waals surface area contributed by atoms with Gasteiger partial charge in [0.2, 0.25) is 5.43 Å². The predicted molar refractivity (Wildman–Crippen MR) is 69.8 cm³/mol. The second kappa shape index (κ2) is 4.91. The Kier molecular flexibility index (Phi) is 3.48. The Morgan fingerprint density at radius 2 is 2.06 bits per heavy atom. The third kappa shape index (κ3) is 2.77. The summed E-state index contributed by atoms with van der Waals surface area (Å²) < 4.78 is 26.7. The Bertz CT molecular complexity index is 710. The lowest BCUT2D eigenvalue weighted by atomic mass is 10.4. The summed E-state index contributed by atoms with van der Waals surface area (Å²) in [5.74, 6) is 0. The average molecular weight is 330 g/mol. The van der Waals surface area contributed by atoms with E-state index in [1.165, 1.54) is 18.5 Å². The number of pyridine rings is 2. The Morgan fingerprint density at radius 1 is 1.28 bits per heavy atom. The van der Waals surface area contributed by atoms with Gasteiger partial charge in [0.25, 0.3) is 10.0 Å². The van der Waals surface area contributed by atoms with Crippen molar-refractivity contribution in [3.8, 4) is 0 Å². The van der Waals surface area contributed by atoms with E-state index >= 15 is 0 Å². The molecule has 8 heteroatoms. The van der Waals surface area contributed by atoms with Crippen molar-refractivity contribution in [3.63, 3.8) is 0 Å². The predicted octanol–water partition coefficient (Wildman–Crippen LogP) is 1.33. The molecule has 0 aliphatic carbocycles. The van der Waals surface area contributed by atoms with Crippen molar-refractivity contribution in [3.05, 3.63) is 51.6 Å². The summed E-state index contributed by atoms with van der Waals surface area (Å²) in [6.45, 7) is 0. The Labute approximate surface area is 111 Å². The summed E-state index contributed by atoms with van der Waals surface area (Å²) in [6.07, 6.45) is 3.85. The van der Waals surface area contributed by atoms with Crippen molar-refractivity contribution in [2.24, 2.45) is 0 Å². The third-order valence-electron chi connectivity index (χ3n) is 2.06. The van der Waals surface area contributed by atoms with Gasteiger partial charge in [-0.2, -0.15) is 0 Å². The molecule has 2 heterocycles. The minimum Gasteiger partial charge on any atom is -0.366 e. The lowest BCUT2D eigenvalue weighted by molar-refractivity contribution is 0.600. The van der Waals surface area contributed by atoms with Crippen molar-refractivity contribution in [1.82, 2.24) is 9.97 Å². The lowest BCUT2D eigenvalue weighted by Crippen LogP contribution is -2.20. The molecule has 0 bridgehead atoms. The van der Waals surface area contributed by atoms with Crippen molar-refractivity contribution in [1.29, 1.82) is 0 Å². The molecule has 0 aromatic carbocycles. The minimum absolute atomic E-state index is 0.279. The number of aromatic nitrogens is 2. The molecule has 0 saturated heterocycles. The van der Waals surface area contributed by atoms with Gasteiger partial charge >= 0.3 is 0 Å². The van der Waals surface area contributed by atoms with Crippen LogP contribution in [0.4, 0.5) is 5.69 Å². The molecular weight excluding hydrogens is 322 g/mol. The maximum absolute atomic E-state index is 11.9. The van der Waals surface area contributed by atoms with Gasteiger partial charge in [0.15, 0.2) is 4.90 Å². The summed E-state index contributed by atoms with van der Waals surface area (Å²) >= 11 is 3.14. The number of nitrogens with zero attached hydrogens (tertiary/aromatic N) is 1. The third-order valence-corrected chi connectivity index (χ3v) is 3.93. The van der Waals surface area contributed by atoms with Gasteiger partial charge in [-0.3, -0.25) is 9.52 Å². The molecule has 0 radical (unpaired) electrons. The fourth-order valence-electron chi connectivity index (χ4n) is 1.26. The quantitative estimate of drug-likeness (QED) is 0.831. The highest BCUT2D eigenvalue weighted by Gasteiger charge is 2.17. The highest BCUT2D eigenvalue weighted by Crippen LogP contribution is 2.14. The molecule has 0 aliphatic rings. The first-order valence-corrected chi connectivity index (χ1v) is 7.08. The van der Waals surface area contributed by atoms with Gasteiger partial charge in [-0.05, 0) is 28.1 Å². The monoisotopic (exact) mass is 329 g/mol. The van der Waals surface area contributed by atoms with E-state index in [2.05, 4.69) is 30.6 Å². The van der Waals surface area contributed by atoms with E-state index in [9.17, 15) is 13.2 Å². The number of hydrogen-bond acceptors (Lipinski definition) is 4. The van der Waals surface area contributed by atoms with Crippen LogP contribution in [-0.2, 0) is 10.0 Å². The first-order valence-electron chi connectivity index (χ1n) is 4.80. The number of rotatable bonds is 3. The summed E-state index contributed by atoms with van der Waals surface area (Å²) in [7, 11) is -3.91. The van der Waals surface area contributed by atoms with Gasteiger partial charge in [0.05, 0.1) is 11.9 Å². The zero-order valence-electron chi connectivity index (χ0n) is 8.92. The number of aromatic amines is 1. The van der Waals surface area contributed by atoms with Crippen LogP contribution in [-0.4, -0.2) is 18.4 Å². The molecule has 0 spiro atoms. The number of nitrogens with one attached hydrogen (secondary N) is 2. The molecule has 0 atom stereocenters. The van der Waals surface area contributed by atoms with Crippen molar-refractivity contribution >= 4 is 31.6 Å². The molecule has 0 aliphatic heterocycles. The van der Waals surface area contributed by atoms with E-state index in [1.807, 2.05) is 0 Å². The molecule has 0 amide bonds. The van der Waals surface area contributed by atoms with Crippen molar-refractivity contribution < 1.29 is 8.42 Å². The zero-order chi connectivity index (χ0) is 13.2. The average Bonchev–Trinajstić information content (AvgIpc) is 2.32. The van der Waals surface area contributed by atoms with Crippen molar-refractivity contribution in [2.75, 3.05) is 4.72 Å². The maximum Gasteiger partial charge on any atom is 0.267 e. The number of hydrogen-bond donors (Lipinski definition) is 2. The molecule has 0 unspecified atom stereocenters. The second-order valence-electron chi connectivity index (χ2n) is 3.35. The Hall–Kier alpha value is -1.67. The molecule has 18 heavy (non-hydrogen) atoms. The van der Waals surface area contributed by atoms with E-state index in [1.54, 1.807) is 6.07 Å². The number of H-pyrrole nitrogens is 1. The number of anilines is 1. The highest BCUT2D eigenvalue weighted by atomic mass is 79.9. The smallest absolute Gasteiger partial charge is 0.267 e. The highest BCUT2D eigenvalue weighted by molar-refractivity contribution is 9.10. The number of halogens is 1. The molecule has 2 aromatic rings. The lowest BCUT2D eigenvalue weighted by Gasteiger charge is -2.06. The summed E-state index contributed by atoms with van der Waals surface area (Å²) in [5.41, 5.74) is -0.298. The van der Waals surface area contributed by atoms with Crippen LogP contribution in [0, 0.1) is 0 Å². The van der Waals surface area contributed by atoms with E-state index in [0.29, 0.717) is 4.60 Å². The fourth-order valence-corrected chi connectivity index (χ4v) is 2.59. The van der Waals surface area contributed by atoms with Crippen LogP contribution >= 0.6 is 15.9 Å². The Morgan fingerprint density at radius 3 is 2.67 bits per heavy atom. The van der Waals surface area contributed by atoms with Crippen LogP contribution in [0.1, 0.15) is 0 Å². The summed E-state index contributed by atoms with van der Waals surface area (Å²) in [6, 6.07) is 4.27. The van der Waals surface area contributed by atoms with Crippen LogP contribution in [0.25, 0.3) is 0 Å². The largest absolute Gasteiger partial charge is 0.366 e. The van der Waals surface area contributed by atoms with E-state index in [4.69, 9.17) is 0 Å². The van der Waals surface area contributed by atoms with Crippen molar-refractivity contribution in [2.45, 2.75) is 4.90 Å². The first kappa shape index (κ1) is 12.8. The van der Waals surface area contributed by atoms with E-state index in [0.717, 1.165) is 12.3 Å². The minimum atomic E-state index is -3.91. The van der Waals surface area contributed by atoms with Crippen LogP contribution in [0.2, 0.25) is 0 Å². The van der Waals surface area contributed by atoms with Gasteiger partial charge in [0, 0.05) is 18.5 Å². The second-order valence-corrected chi connectivity index (χ2v) is 5.81. The molecule has 0 saturated carbocycles. The standard InChI is InChI=1S/C10H8BrN3O3S/c11-10-2-1-7(5-13-10)14-18(16,17)9-6-12-4-3-8(9)15/h1-6,14H,(H,12,15). The molecule has 2 aromatic heterocycles. The van der Waals surface area contributed by atoms with Gasteiger partial charge in [-0.1, -0.05) is 0 Å². The molecule has 94 valence electrons. The fraction of sp³-hybridized carbons (Fsp3) is 0. The first-order chi connectivity index (χ1) is 8.49. The van der Waals surface area contributed by atoms with E-state index in [-0.39, 0.29) is 10.6 Å². The number of sulfonamides is 1. The summed E-state index contributed by atoms with van der Waals surface area (Å²) in [4.78, 5) is 17.6. The van der Waals surface area contributed by atoms with Crippen LogP contribution < -0.4 is 10.2 Å². The molecule has 6 nitrogen and oxygen atoms in total. The van der Waals surface area contributed by atoms with Crippen LogP contribution in [0.3, 0.4) is 0 Å². The molecule has 2 rings (SSSR count). The molecule has 2 N–H and O–H groups in total. The normalized spacial score (nSPS) is 11.2. The van der Waals surface area contributed by atoms with Gasteiger partial charge in [0.1, 0.15) is 4.60 Å². The van der Waals surface area contributed by atoms with Gasteiger partial charge in [-0.25, -0.2) is 13.4 Å². The molecule has 0 fully saturated rings. The topological polar surface area (TPSA) is 91.9 Å². The summed E-state index contributed by atoms with van der Waals surface area (Å²) in [5, 5.41) is 0.